The molecule has 0 amide bonds. The third-order valence-electron chi connectivity index (χ3n) is 9.97. The second-order valence-electron chi connectivity index (χ2n) is 13.0. The number of para-hydroxylation sites is 2. The Morgan fingerprint density at radius 1 is 0.553 bits per heavy atom. The molecule has 9 aromatic rings. The highest BCUT2D eigenvalue weighted by atomic mass is 28.3. The maximum Gasteiger partial charge on any atom is 0.159 e. The highest BCUT2D eigenvalue weighted by Gasteiger charge is 2.41. The van der Waals surface area contributed by atoms with Crippen molar-refractivity contribution >= 4 is 62.3 Å². The second-order valence-corrected chi connectivity index (χ2v) is 17.3. The predicted molar refractivity (Wildman–Crippen MR) is 197 cm³/mol. The summed E-state index contributed by atoms with van der Waals surface area (Å²) in [6.07, 6.45) is 0. The van der Waals surface area contributed by atoms with Crippen LogP contribution >= 0.6 is 0 Å². The summed E-state index contributed by atoms with van der Waals surface area (Å²) < 4.78 is 8.69. The second kappa shape index (κ2) is 9.61. The number of aromatic nitrogens is 3. The smallest absolute Gasteiger partial charge is 0.159 e. The summed E-state index contributed by atoms with van der Waals surface area (Å²) in [6, 6.07) is 49.5. The molecule has 4 nitrogen and oxygen atoms in total. The van der Waals surface area contributed by atoms with Crippen LogP contribution in [0.2, 0.25) is 13.1 Å². The third-order valence-corrected chi connectivity index (χ3v) is 13.3. The number of fused-ring (bicyclic) bond motifs is 9. The molecule has 4 heterocycles. The predicted octanol–water partition coefficient (Wildman–Crippen LogP) is 9.61. The molecule has 0 N–H and O–H groups in total. The zero-order chi connectivity index (χ0) is 31.3. The molecule has 0 saturated heterocycles. The van der Waals surface area contributed by atoms with E-state index < -0.39 is 8.07 Å². The van der Waals surface area contributed by atoms with Crippen molar-refractivity contribution in [2.24, 2.45) is 0 Å². The topological polar surface area (TPSA) is 43.9 Å². The van der Waals surface area contributed by atoms with E-state index in [0.29, 0.717) is 0 Å². The van der Waals surface area contributed by atoms with Gasteiger partial charge in [-0.25, -0.2) is 9.97 Å². The first-order chi connectivity index (χ1) is 23.1. The Labute approximate surface area is 272 Å². The highest BCUT2D eigenvalue weighted by Crippen LogP contribution is 2.40. The van der Waals surface area contributed by atoms with E-state index in [1.165, 1.54) is 37.9 Å². The monoisotopic (exact) mass is 619 g/mol. The van der Waals surface area contributed by atoms with Gasteiger partial charge in [-0.05, 0) is 41.1 Å². The Hall–Kier alpha value is -5.78. The zero-order valence-electron chi connectivity index (χ0n) is 26.0. The van der Waals surface area contributed by atoms with Crippen LogP contribution in [0.15, 0.2) is 144 Å². The van der Waals surface area contributed by atoms with Crippen molar-refractivity contribution in [1.29, 1.82) is 0 Å². The lowest BCUT2D eigenvalue weighted by Gasteiger charge is -2.19. The summed E-state index contributed by atoms with van der Waals surface area (Å²) in [5.74, 6) is 0.786. The van der Waals surface area contributed by atoms with Gasteiger partial charge >= 0.3 is 0 Å². The molecule has 10 rings (SSSR count). The van der Waals surface area contributed by atoms with Crippen LogP contribution in [0.3, 0.4) is 0 Å². The zero-order valence-corrected chi connectivity index (χ0v) is 27.0. The molecule has 5 heteroatoms. The van der Waals surface area contributed by atoms with Crippen LogP contribution in [-0.2, 0) is 0 Å². The van der Waals surface area contributed by atoms with Gasteiger partial charge in [-0.1, -0.05) is 116 Å². The van der Waals surface area contributed by atoms with Gasteiger partial charge in [0.15, 0.2) is 5.82 Å². The fraction of sp³-hybridized carbons (Fsp3) is 0.0476. The maximum atomic E-state index is 6.34. The number of furan rings is 1. The summed E-state index contributed by atoms with van der Waals surface area (Å²) in [7, 11) is -2.02. The van der Waals surface area contributed by atoms with Gasteiger partial charge in [-0.3, -0.25) is 0 Å². The van der Waals surface area contributed by atoms with Gasteiger partial charge in [0.2, 0.25) is 0 Å². The lowest BCUT2D eigenvalue weighted by atomic mass is 10.00. The standard InChI is InChI=1S/C42H29N3OSi/c1-47(2)38-19-11-8-16-31(38)39-40(43-41(44-42(39)47)27-12-4-3-5-13-27)26-20-22-28(23-21-26)45-34-17-9-6-14-29(34)32-24-33-30-15-7-10-18-36(30)46-37(33)25-35(32)45/h3-25H,1-2H3. The van der Waals surface area contributed by atoms with Gasteiger partial charge in [0, 0.05) is 55.3 Å². The Morgan fingerprint density at radius 3 is 2.13 bits per heavy atom. The van der Waals surface area contributed by atoms with Crippen molar-refractivity contribution in [3.63, 3.8) is 0 Å². The van der Waals surface area contributed by atoms with Crippen LogP contribution in [0.25, 0.3) is 83.2 Å². The average molecular weight is 620 g/mol. The first-order valence-corrected chi connectivity index (χ1v) is 19.1. The van der Waals surface area contributed by atoms with E-state index in [4.69, 9.17) is 14.4 Å². The normalized spacial score (nSPS) is 13.5. The first kappa shape index (κ1) is 26.4. The number of benzene rings is 6. The molecule has 222 valence electrons. The summed E-state index contributed by atoms with van der Waals surface area (Å²) in [6.45, 7) is 4.82. The lowest BCUT2D eigenvalue weighted by molar-refractivity contribution is 0.669. The van der Waals surface area contributed by atoms with Gasteiger partial charge in [-0.15, -0.1) is 0 Å². The van der Waals surface area contributed by atoms with E-state index in [1.54, 1.807) is 0 Å². The molecule has 0 aliphatic carbocycles. The van der Waals surface area contributed by atoms with Gasteiger partial charge < -0.3 is 8.98 Å². The fourth-order valence-corrected chi connectivity index (χ4v) is 10.6. The summed E-state index contributed by atoms with van der Waals surface area (Å²) in [4.78, 5) is 10.6. The number of nitrogens with zero attached hydrogens (tertiary/aromatic N) is 3. The summed E-state index contributed by atoms with van der Waals surface area (Å²) >= 11 is 0. The Bertz CT molecular complexity index is 2700. The minimum Gasteiger partial charge on any atom is -0.456 e. The molecule has 0 atom stereocenters. The Morgan fingerprint density at radius 2 is 1.28 bits per heavy atom. The first-order valence-electron chi connectivity index (χ1n) is 16.1. The Balaban J connectivity index is 1.19. The minimum atomic E-state index is -2.02. The number of rotatable bonds is 3. The largest absolute Gasteiger partial charge is 0.456 e. The molecule has 1 aliphatic rings. The Kier molecular flexibility index (Phi) is 5.41. The quantitative estimate of drug-likeness (QED) is 0.185. The van der Waals surface area contributed by atoms with Crippen molar-refractivity contribution in [3.05, 3.63) is 140 Å². The van der Waals surface area contributed by atoms with E-state index in [9.17, 15) is 0 Å². The van der Waals surface area contributed by atoms with Crippen molar-refractivity contribution in [1.82, 2.24) is 14.5 Å². The van der Waals surface area contributed by atoms with Crippen LogP contribution in [0.4, 0.5) is 0 Å². The molecular weight excluding hydrogens is 591 g/mol. The van der Waals surface area contributed by atoms with Gasteiger partial charge in [0.25, 0.3) is 0 Å². The van der Waals surface area contributed by atoms with Crippen LogP contribution < -0.4 is 10.5 Å². The van der Waals surface area contributed by atoms with E-state index in [1.807, 2.05) is 18.2 Å². The fourth-order valence-electron chi connectivity index (χ4n) is 7.70. The molecule has 0 bridgehead atoms. The SMILES string of the molecule is C[Si]1(C)c2ccccc2-c2c(-c3ccc(-n4c5ccccc5c5cc6c(cc54)oc4ccccc46)cc3)nc(-c3ccccc3)nc21. The summed E-state index contributed by atoms with van der Waals surface area (Å²) in [5, 5.41) is 7.37. The molecule has 0 saturated carbocycles. The lowest BCUT2D eigenvalue weighted by Crippen LogP contribution is -2.50. The molecule has 0 spiro atoms. The van der Waals surface area contributed by atoms with Crippen molar-refractivity contribution in [2.45, 2.75) is 13.1 Å². The summed E-state index contributed by atoms with van der Waals surface area (Å²) in [5.41, 5.74) is 10.8. The van der Waals surface area contributed by atoms with Gasteiger partial charge in [0.1, 0.15) is 19.2 Å². The van der Waals surface area contributed by atoms with E-state index in [0.717, 1.165) is 55.8 Å². The number of hydrogen-bond acceptors (Lipinski definition) is 3. The molecular formula is C42H29N3OSi. The van der Waals surface area contributed by atoms with Crippen LogP contribution in [0.1, 0.15) is 0 Å². The van der Waals surface area contributed by atoms with E-state index >= 15 is 0 Å². The van der Waals surface area contributed by atoms with Gasteiger partial charge in [-0.2, -0.15) is 0 Å². The minimum absolute atomic E-state index is 0.786. The van der Waals surface area contributed by atoms with Crippen molar-refractivity contribution in [3.8, 4) is 39.5 Å². The molecule has 0 fully saturated rings. The third kappa shape index (κ3) is 3.75. The molecule has 0 unspecified atom stereocenters. The molecule has 47 heavy (non-hydrogen) atoms. The van der Waals surface area contributed by atoms with Crippen LogP contribution in [0, 0.1) is 0 Å². The van der Waals surface area contributed by atoms with Crippen molar-refractivity contribution in [2.75, 3.05) is 0 Å². The van der Waals surface area contributed by atoms with Gasteiger partial charge in [0.05, 0.1) is 16.7 Å². The maximum absolute atomic E-state index is 6.34. The molecule has 6 aromatic carbocycles. The van der Waals surface area contributed by atoms with Crippen molar-refractivity contribution < 1.29 is 4.42 Å². The molecule has 3 aromatic heterocycles. The number of hydrogen-bond donors (Lipinski definition) is 0. The highest BCUT2D eigenvalue weighted by molar-refractivity contribution is 7.03. The molecule has 1 aliphatic heterocycles. The molecule has 0 radical (unpaired) electrons. The van der Waals surface area contributed by atoms with Crippen LogP contribution in [-0.4, -0.2) is 22.6 Å². The van der Waals surface area contributed by atoms with E-state index in [2.05, 4.69) is 139 Å². The van der Waals surface area contributed by atoms with Crippen LogP contribution in [0.5, 0.6) is 0 Å². The van der Waals surface area contributed by atoms with E-state index in [-0.39, 0.29) is 0 Å². The average Bonchev–Trinajstić information content (AvgIpc) is 3.72.